The van der Waals surface area contributed by atoms with Gasteiger partial charge in [-0.3, -0.25) is 4.79 Å². The maximum absolute atomic E-state index is 12.2. The van der Waals surface area contributed by atoms with Crippen LogP contribution in [0.15, 0.2) is 30.3 Å². The Hall–Kier alpha value is -1.68. The maximum atomic E-state index is 12.2. The number of nitrogens with one attached hydrogen (secondary N) is 1. The highest BCUT2D eigenvalue weighted by atomic mass is 32.1. The summed E-state index contributed by atoms with van der Waals surface area (Å²) >= 11 is 1.50. The molecule has 21 heavy (non-hydrogen) atoms. The topological polar surface area (TPSA) is 42.0 Å². The number of hydrogen-bond donors (Lipinski definition) is 1. The molecule has 0 unspecified atom stereocenters. The lowest BCUT2D eigenvalue weighted by Crippen LogP contribution is -2.25. The average molecular weight is 302 g/mol. The van der Waals surface area contributed by atoms with Gasteiger partial charge < -0.3 is 5.32 Å². The van der Waals surface area contributed by atoms with Gasteiger partial charge in [0.25, 0.3) is 5.91 Å². The monoisotopic (exact) mass is 302 g/mol. The lowest BCUT2D eigenvalue weighted by atomic mass is 10.1. The van der Waals surface area contributed by atoms with Crippen LogP contribution in [0.1, 0.15) is 46.2 Å². The quantitative estimate of drug-likeness (QED) is 0.881. The van der Waals surface area contributed by atoms with Gasteiger partial charge in [0, 0.05) is 13.0 Å². The van der Waals surface area contributed by atoms with Crippen molar-refractivity contribution < 1.29 is 4.79 Å². The molecule has 1 aromatic heterocycles. The molecule has 0 aliphatic rings. The third kappa shape index (κ3) is 4.67. The number of amides is 1. The number of rotatable bonds is 6. The Labute approximate surface area is 130 Å². The molecule has 2 rings (SSSR count). The molecule has 0 spiro atoms. The van der Waals surface area contributed by atoms with Gasteiger partial charge in [-0.15, -0.1) is 11.3 Å². The lowest BCUT2D eigenvalue weighted by molar-refractivity contribution is 0.0955. The molecule has 4 heteroatoms. The first-order chi connectivity index (χ1) is 10.1. The third-order valence-electron chi connectivity index (χ3n) is 3.25. The summed E-state index contributed by atoms with van der Waals surface area (Å²) in [5.74, 6) is 0.603. The van der Waals surface area contributed by atoms with Crippen molar-refractivity contribution in [3.63, 3.8) is 0 Å². The molecule has 1 heterocycles. The van der Waals surface area contributed by atoms with Gasteiger partial charge in [-0.2, -0.15) is 0 Å². The van der Waals surface area contributed by atoms with Crippen molar-refractivity contribution in [1.29, 1.82) is 0 Å². The minimum atomic E-state index is 0.00459. The Kier molecular flexibility index (Phi) is 5.51. The molecule has 3 nitrogen and oxygen atoms in total. The molecule has 1 aromatic carbocycles. The second-order valence-electron chi connectivity index (χ2n) is 5.62. The Morgan fingerprint density at radius 1 is 1.29 bits per heavy atom. The number of carbonyl (C=O) groups is 1. The van der Waals surface area contributed by atoms with Crippen LogP contribution in [0.4, 0.5) is 0 Å². The van der Waals surface area contributed by atoms with Crippen LogP contribution in [0.3, 0.4) is 0 Å². The Balaban J connectivity index is 2.00. The van der Waals surface area contributed by atoms with E-state index >= 15 is 0 Å². The molecule has 1 amide bonds. The van der Waals surface area contributed by atoms with Gasteiger partial charge in [-0.1, -0.05) is 44.2 Å². The number of nitrogens with zero attached hydrogens (tertiary/aromatic N) is 1. The summed E-state index contributed by atoms with van der Waals surface area (Å²) in [6.07, 6.45) is 1.78. The van der Waals surface area contributed by atoms with E-state index in [4.69, 9.17) is 0 Å². The third-order valence-corrected chi connectivity index (χ3v) is 4.41. The predicted octanol–water partition coefficient (Wildman–Crippen LogP) is 3.82. The van der Waals surface area contributed by atoms with E-state index in [1.807, 2.05) is 25.1 Å². The second-order valence-corrected chi connectivity index (χ2v) is 6.71. The first-order valence-corrected chi connectivity index (χ1v) is 8.16. The predicted molar refractivity (Wildman–Crippen MR) is 87.9 cm³/mol. The fourth-order valence-corrected chi connectivity index (χ4v) is 3.08. The summed E-state index contributed by atoms with van der Waals surface area (Å²) < 4.78 is 0. The van der Waals surface area contributed by atoms with Crippen LogP contribution >= 0.6 is 11.3 Å². The average Bonchev–Trinajstić information content (AvgIpc) is 2.80. The maximum Gasteiger partial charge on any atom is 0.263 e. The Morgan fingerprint density at radius 3 is 2.67 bits per heavy atom. The first kappa shape index (κ1) is 15.7. The minimum Gasteiger partial charge on any atom is -0.351 e. The van der Waals surface area contributed by atoms with Crippen LogP contribution in [-0.4, -0.2) is 17.4 Å². The molecule has 0 bridgehead atoms. The molecule has 0 atom stereocenters. The molecule has 1 N–H and O–H groups in total. The summed E-state index contributed by atoms with van der Waals surface area (Å²) in [5, 5.41) is 3.97. The van der Waals surface area contributed by atoms with E-state index < -0.39 is 0 Å². The zero-order chi connectivity index (χ0) is 15.2. The van der Waals surface area contributed by atoms with E-state index in [-0.39, 0.29) is 5.91 Å². The van der Waals surface area contributed by atoms with Crippen molar-refractivity contribution in [2.75, 3.05) is 6.54 Å². The van der Waals surface area contributed by atoms with Crippen molar-refractivity contribution >= 4 is 17.2 Å². The van der Waals surface area contributed by atoms with Crippen molar-refractivity contribution in [1.82, 2.24) is 10.3 Å². The van der Waals surface area contributed by atoms with Crippen LogP contribution in [-0.2, 0) is 6.42 Å². The molecule has 0 fully saturated rings. The fraction of sp³-hybridized carbons (Fsp3) is 0.412. The van der Waals surface area contributed by atoms with Crippen molar-refractivity contribution in [3.8, 4) is 0 Å². The van der Waals surface area contributed by atoms with Gasteiger partial charge in [0.15, 0.2) is 0 Å². The smallest absolute Gasteiger partial charge is 0.263 e. The molecule has 0 saturated carbocycles. The van der Waals surface area contributed by atoms with Gasteiger partial charge in [0.05, 0.1) is 10.7 Å². The van der Waals surface area contributed by atoms with E-state index in [9.17, 15) is 4.79 Å². The van der Waals surface area contributed by atoms with E-state index in [1.54, 1.807) is 0 Å². The number of hydrogen-bond acceptors (Lipinski definition) is 3. The number of carbonyl (C=O) groups excluding carboxylic acids is 1. The van der Waals surface area contributed by atoms with E-state index in [0.29, 0.717) is 5.92 Å². The summed E-state index contributed by atoms with van der Waals surface area (Å²) in [7, 11) is 0. The highest BCUT2D eigenvalue weighted by Gasteiger charge is 2.15. The molecule has 0 radical (unpaired) electrons. The van der Waals surface area contributed by atoms with Gasteiger partial charge in [-0.05, 0) is 24.8 Å². The minimum absolute atomic E-state index is 0.00459. The first-order valence-electron chi connectivity index (χ1n) is 7.34. The van der Waals surface area contributed by atoms with E-state index in [0.717, 1.165) is 35.0 Å². The van der Waals surface area contributed by atoms with Gasteiger partial charge >= 0.3 is 0 Å². The largest absolute Gasteiger partial charge is 0.351 e. The highest BCUT2D eigenvalue weighted by Crippen LogP contribution is 2.20. The molecular formula is C17H22N2OS. The Morgan fingerprint density at radius 2 is 2.00 bits per heavy atom. The van der Waals surface area contributed by atoms with Crippen LogP contribution in [0.25, 0.3) is 0 Å². The van der Waals surface area contributed by atoms with Crippen LogP contribution in [0.5, 0.6) is 0 Å². The summed E-state index contributed by atoms with van der Waals surface area (Å²) in [5.41, 5.74) is 2.05. The molecular weight excluding hydrogens is 280 g/mol. The van der Waals surface area contributed by atoms with E-state index in [2.05, 4.69) is 36.3 Å². The van der Waals surface area contributed by atoms with Gasteiger partial charge in [0.1, 0.15) is 4.88 Å². The van der Waals surface area contributed by atoms with Crippen molar-refractivity contribution in [3.05, 3.63) is 51.5 Å². The fourth-order valence-electron chi connectivity index (χ4n) is 2.06. The number of benzene rings is 1. The molecule has 2 aromatic rings. The zero-order valence-corrected chi connectivity index (χ0v) is 13.7. The summed E-state index contributed by atoms with van der Waals surface area (Å²) in [6, 6.07) is 10.2. The normalized spacial score (nSPS) is 10.9. The second kappa shape index (κ2) is 7.36. The highest BCUT2D eigenvalue weighted by molar-refractivity contribution is 7.13. The van der Waals surface area contributed by atoms with Crippen molar-refractivity contribution in [2.45, 2.75) is 33.6 Å². The number of aromatic nitrogens is 1. The molecule has 0 saturated heterocycles. The SMILES string of the molecule is Cc1nc(Cc2ccccc2)sc1C(=O)NCCC(C)C. The molecule has 112 valence electrons. The van der Waals surface area contributed by atoms with E-state index in [1.165, 1.54) is 16.9 Å². The lowest BCUT2D eigenvalue weighted by Gasteiger charge is -2.05. The standard InChI is InChI=1S/C17H22N2OS/c1-12(2)9-10-18-17(20)16-13(3)19-15(21-16)11-14-7-5-4-6-8-14/h4-8,12H,9-11H2,1-3H3,(H,18,20). The summed E-state index contributed by atoms with van der Waals surface area (Å²) in [4.78, 5) is 17.4. The number of thiazole rings is 1. The van der Waals surface area contributed by atoms with Crippen molar-refractivity contribution in [2.24, 2.45) is 5.92 Å². The van der Waals surface area contributed by atoms with Gasteiger partial charge in [0.2, 0.25) is 0 Å². The van der Waals surface area contributed by atoms with Gasteiger partial charge in [-0.25, -0.2) is 4.98 Å². The summed E-state index contributed by atoms with van der Waals surface area (Å²) in [6.45, 7) is 6.94. The molecule has 0 aliphatic carbocycles. The zero-order valence-electron chi connectivity index (χ0n) is 12.8. The molecule has 0 aliphatic heterocycles. The Bertz CT molecular complexity index is 590. The van der Waals surface area contributed by atoms with Crippen LogP contribution in [0, 0.1) is 12.8 Å². The van der Waals surface area contributed by atoms with Crippen LogP contribution < -0.4 is 5.32 Å². The van der Waals surface area contributed by atoms with Crippen LogP contribution in [0.2, 0.25) is 0 Å². The number of aryl methyl sites for hydroxylation is 1.